The maximum Gasteiger partial charge on any atom is 0.159 e. The van der Waals surface area contributed by atoms with Gasteiger partial charge in [0.2, 0.25) is 0 Å². The Bertz CT molecular complexity index is 489. The third-order valence-electron chi connectivity index (χ3n) is 2.44. The summed E-state index contributed by atoms with van der Waals surface area (Å²) in [4.78, 5) is 8.69. The van der Waals surface area contributed by atoms with E-state index < -0.39 is 0 Å². The third-order valence-corrected chi connectivity index (χ3v) is 2.70. The molecule has 0 amide bonds. The molecule has 0 aliphatic rings. The van der Waals surface area contributed by atoms with Crippen LogP contribution < -0.4 is 0 Å². The van der Waals surface area contributed by atoms with Gasteiger partial charge in [0.05, 0.1) is 0 Å². The van der Waals surface area contributed by atoms with Crippen molar-refractivity contribution >= 4 is 11.6 Å². The SMILES string of the molecule is C=CCCc1cnc(-c2ccc(Cl)cc2)nc1. The van der Waals surface area contributed by atoms with E-state index in [1.807, 2.05) is 42.7 Å². The molecule has 0 aliphatic carbocycles. The van der Waals surface area contributed by atoms with Gasteiger partial charge in [-0.1, -0.05) is 17.7 Å². The molecule has 0 unspecified atom stereocenters. The monoisotopic (exact) mass is 244 g/mol. The van der Waals surface area contributed by atoms with E-state index in [4.69, 9.17) is 11.6 Å². The maximum absolute atomic E-state index is 5.83. The molecule has 86 valence electrons. The Hall–Kier alpha value is -1.67. The zero-order valence-corrected chi connectivity index (χ0v) is 10.2. The normalized spacial score (nSPS) is 10.2. The Labute approximate surface area is 106 Å². The van der Waals surface area contributed by atoms with E-state index in [1.54, 1.807) is 0 Å². The number of allylic oxidation sites excluding steroid dienone is 1. The fourth-order valence-electron chi connectivity index (χ4n) is 1.50. The molecule has 0 N–H and O–H groups in total. The molecule has 3 heteroatoms. The first kappa shape index (κ1) is 11.8. The van der Waals surface area contributed by atoms with Gasteiger partial charge in [-0.05, 0) is 42.7 Å². The van der Waals surface area contributed by atoms with Crippen LogP contribution >= 0.6 is 11.6 Å². The van der Waals surface area contributed by atoms with Crippen LogP contribution in [0.25, 0.3) is 11.4 Å². The molecule has 0 atom stereocenters. The number of aromatic nitrogens is 2. The van der Waals surface area contributed by atoms with Crippen LogP contribution in [0, 0.1) is 0 Å². The molecule has 2 rings (SSSR count). The second kappa shape index (κ2) is 5.60. The first-order valence-corrected chi connectivity index (χ1v) is 5.85. The summed E-state index contributed by atoms with van der Waals surface area (Å²) in [6, 6.07) is 7.51. The van der Waals surface area contributed by atoms with Crippen LogP contribution in [0.1, 0.15) is 12.0 Å². The van der Waals surface area contributed by atoms with E-state index in [9.17, 15) is 0 Å². The van der Waals surface area contributed by atoms with Gasteiger partial charge in [-0.15, -0.1) is 6.58 Å². The molecule has 1 aromatic heterocycles. The van der Waals surface area contributed by atoms with Crippen molar-refractivity contribution in [1.29, 1.82) is 0 Å². The topological polar surface area (TPSA) is 25.8 Å². The van der Waals surface area contributed by atoms with Gasteiger partial charge in [-0.2, -0.15) is 0 Å². The van der Waals surface area contributed by atoms with Gasteiger partial charge in [-0.25, -0.2) is 9.97 Å². The van der Waals surface area contributed by atoms with E-state index in [2.05, 4.69) is 16.5 Å². The van der Waals surface area contributed by atoms with Crippen molar-refractivity contribution < 1.29 is 0 Å². The smallest absolute Gasteiger partial charge is 0.159 e. The Morgan fingerprint density at radius 2 is 1.76 bits per heavy atom. The summed E-state index contributed by atoms with van der Waals surface area (Å²) in [6.07, 6.45) is 7.50. The number of hydrogen-bond donors (Lipinski definition) is 0. The van der Waals surface area contributed by atoms with Crippen molar-refractivity contribution in [2.24, 2.45) is 0 Å². The van der Waals surface area contributed by atoms with Gasteiger partial charge >= 0.3 is 0 Å². The highest BCUT2D eigenvalue weighted by atomic mass is 35.5. The quantitative estimate of drug-likeness (QED) is 0.762. The van der Waals surface area contributed by atoms with Crippen molar-refractivity contribution in [1.82, 2.24) is 9.97 Å². The van der Waals surface area contributed by atoms with Crippen molar-refractivity contribution in [3.8, 4) is 11.4 Å². The fourth-order valence-corrected chi connectivity index (χ4v) is 1.63. The van der Waals surface area contributed by atoms with Crippen LogP contribution in [0.3, 0.4) is 0 Å². The van der Waals surface area contributed by atoms with Gasteiger partial charge in [0.25, 0.3) is 0 Å². The Balaban J connectivity index is 2.17. The molecule has 0 fully saturated rings. The highest BCUT2D eigenvalue weighted by Crippen LogP contribution is 2.17. The lowest BCUT2D eigenvalue weighted by Crippen LogP contribution is -1.92. The van der Waals surface area contributed by atoms with Gasteiger partial charge in [-0.3, -0.25) is 0 Å². The Kier molecular flexibility index (Phi) is 3.89. The van der Waals surface area contributed by atoms with E-state index in [1.165, 1.54) is 0 Å². The first-order chi connectivity index (χ1) is 8.29. The highest BCUT2D eigenvalue weighted by molar-refractivity contribution is 6.30. The fraction of sp³-hybridized carbons (Fsp3) is 0.143. The summed E-state index contributed by atoms with van der Waals surface area (Å²) < 4.78 is 0. The summed E-state index contributed by atoms with van der Waals surface area (Å²) in [5.74, 6) is 0.726. The summed E-state index contributed by atoms with van der Waals surface area (Å²) in [5.41, 5.74) is 2.10. The molecule has 2 nitrogen and oxygen atoms in total. The van der Waals surface area contributed by atoms with Gasteiger partial charge in [0, 0.05) is 23.0 Å². The molecule has 2 aromatic rings. The second-order valence-corrected chi connectivity index (χ2v) is 4.19. The third kappa shape index (κ3) is 3.14. The van der Waals surface area contributed by atoms with E-state index in [0.29, 0.717) is 0 Å². The number of nitrogens with zero attached hydrogens (tertiary/aromatic N) is 2. The predicted molar refractivity (Wildman–Crippen MR) is 71.0 cm³/mol. The molecule has 0 aliphatic heterocycles. The van der Waals surface area contributed by atoms with Crippen LogP contribution in [0.2, 0.25) is 5.02 Å². The number of benzene rings is 1. The largest absolute Gasteiger partial charge is 0.236 e. The van der Waals surface area contributed by atoms with E-state index in [0.717, 1.165) is 34.8 Å². The second-order valence-electron chi connectivity index (χ2n) is 3.75. The Morgan fingerprint density at radius 3 is 2.35 bits per heavy atom. The lowest BCUT2D eigenvalue weighted by atomic mass is 10.2. The maximum atomic E-state index is 5.83. The minimum atomic E-state index is 0.719. The van der Waals surface area contributed by atoms with Crippen molar-refractivity contribution in [3.05, 3.63) is 59.9 Å². The van der Waals surface area contributed by atoms with Crippen LogP contribution in [0.15, 0.2) is 49.3 Å². The van der Waals surface area contributed by atoms with Crippen molar-refractivity contribution in [2.75, 3.05) is 0 Å². The average molecular weight is 245 g/mol. The van der Waals surface area contributed by atoms with Crippen LogP contribution in [0.5, 0.6) is 0 Å². The van der Waals surface area contributed by atoms with E-state index in [-0.39, 0.29) is 0 Å². The van der Waals surface area contributed by atoms with E-state index >= 15 is 0 Å². The first-order valence-electron chi connectivity index (χ1n) is 5.47. The summed E-state index contributed by atoms with van der Waals surface area (Å²) in [7, 11) is 0. The van der Waals surface area contributed by atoms with Crippen LogP contribution in [-0.2, 0) is 6.42 Å². The van der Waals surface area contributed by atoms with Gasteiger partial charge in [0.1, 0.15) is 0 Å². The number of aryl methyl sites for hydroxylation is 1. The number of hydrogen-bond acceptors (Lipinski definition) is 2. The standard InChI is InChI=1S/C14H13ClN2/c1-2-3-4-11-9-16-14(17-10-11)12-5-7-13(15)8-6-12/h2,5-10H,1,3-4H2. The minimum Gasteiger partial charge on any atom is -0.236 e. The number of rotatable bonds is 4. The average Bonchev–Trinajstić information content (AvgIpc) is 2.38. The van der Waals surface area contributed by atoms with Gasteiger partial charge in [0.15, 0.2) is 5.82 Å². The zero-order chi connectivity index (χ0) is 12.1. The van der Waals surface area contributed by atoms with Crippen LogP contribution in [0.4, 0.5) is 0 Å². The molecule has 0 radical (unpaired) electrons. The molecule has 0 saturated heterocycles. The lowest BCUT2D eigenvalue weighted by Gasteiger charge is -2.02. The van der Waals surface area contributed by atoms with Crippen molar-refractivity contribution in [2.45, 2.75) is 12.8 Å². The summed E-state index contributed by atoms with van der Waals surface area (Å²) in [6.45, 7) is 3.70. The molecule has 17 heavy (non-hydrogen) atoms. The lowest BCUT2D eigenvalue weighted by molar-refractivity contribution is 0.968. The molecule has 1 aromatic carbocycles. The Morgan fingerprint density at radius 1 is 1.12 bits per heavy atom. The molecule has 0 bridgehead atoms. The predicted octanol–water partition coefficient (Wildman–Crippen LogP) is 3.92. The minimum absolute atomic E-state index is 0.719. The number of halogens is 1. The van der Waals surface area contributed by atoms with Crippen LogP contribution in [-0.4, -0.2) is 9.97 Å². The zero-order valence-electron chi connectivity index (χ0n) is 9.44. The summed E-state index contributed by atoms with van der Waals surface area (Å²) >= 11 is 5.83. The molecule has 0 saturated carbocycles. The molecule has 1 heterocycles. The molecular weight excluding hydrogens is 232 g/mol. The highest BCUT2D eigenvalue weighted by Gasteiger charge is 2.01. The molecule has 0 spiro atoms. The van der Waals surface area contributed by atoms with Gasteiger partial charge < -0.3 is 0 Å². The molecular formula is C14H13ClN2. The van der Waals surface area contributed by atoms with Crippen molar-refractivity contribution in [3.63, 3.8) is 0 Å². The summed E-state index contributed by atoms with van der Waals surface area (Å²) in [5, 5.41) is 0.719.